The molecule has 26 heavy (non-hydrogen) atoms. The molecule has 0 fully saturated rings. The number of nitrogens with one attached hydrogen (secondary N) is 1. The Balaban J connectivity index is 1.97. The zero-order valence-electron chi connectivity index (χ0n) is 14.2. The molecule has 140 valence electrons. The highest BCUT2D eigenvalue weighted by molar-refractivity contribution is 7.92. The number of sulfonamides is 1. The number of anilines is 1. The van der Waals surface area contributed by atoms with Crippen LogP contribution in [0.1, 0.15) is 37.7 Å². The second-order valence-electron chi connectivity index (χ2n) is 5.90. The van der Waals surface area contributed by atoms with E-state index in [1.165, 1.54) is 30.5 Å². The van der Waals surface area contributed by atoms with Crippen molar-refractivity contribution in [3.8, 4) is 0 Å². The van der Waals surface area contributed by atoms with E-state index in [0.29, 0.717) is 23.6 Å². The average molecular weight is 397 g/mol. The Morgan fingerprint density at radius 1 is 1.08 bits per heavy atom. The molecule has 0 spiro atoms. The molecular weight excluding hydrogens is 376 g/mol. The van der Waals surface area contributed by atoms with Gasteiger partial charge >= 0.3 is 5.97 Å². The van der Waals surface area contributed by atoms with E-state index in [1.807, 2.05) is 0 Å². The molecule has 1 heterocycles. The Kier molecular flexibility index (Phi) is 7.41. The van der Waals surface area contributed by atoms with Crippen molar-refractivity contribution in [1.29, 1.82) is 0 Å². The van der Waals surface area contributed by atoms with E-state index in [1.54, 1.807) is 12.3 Å². The largest absolute Gasteiger partial charge is 0.481 e. The zero-order valence-corrected chi connectivity index (χ0v) is 15.8. The number of pyridine rings is 1. The van der Waals surface area contributed by atoms with E-state index >= 15 is 0 Å². The fourth-order valence-electron chi connectivity index (χ4n) is 2.49. The lowest BCUT2D eigenvalue weighted by molar-refractivity contribution is -0.137. The molecule has 1 aromatic carbocycles. The van der Waals surface area contributed by atoms with E-state index in [-0.39, 0.29) is 11.3 Å². The number of benzene rings is 1. The molecule has 0 amide bonds. The maximum absolute atomic E-state index is 12.5. The SMILES string of the molecule is O=C(O)CCCCCCc1cnccc1NS(=O)(=O)c1ccc(Cl)cc1. The summed E-state index contributed by atoms with van der Waals surface area (Å²) in [5, 5.41) is 9.09. The first-order valence-corrected chi connectivity index (χ1v) is 10.2. The predicted octanol–water partition coefficient (Wildman–Crippen LogP) is 4.11. The van der Waals surface area contributed by atoms with Crippen LogP contribution in [0.5, 0.6) is 0 Å². The van der Waals surface area contributed by atoms with Gasteiger partial charge in [-0.3, -0.25) is 14.5 Å². The summed E-state index contributed by atoms with van der Waals surface area (Å²) in [5.41, 5.74) is 1.31. The van der Waals surface area contributed by atoms with Crippen molar-refractivity contribution in [2.24, 2.45) is 0 Å². The van der Waals surface area contributed by atoms with Gasteiger partial charge in [-0.1, -0.05) is 24.4 Å². The van der Waals surface area contributed by atoms with E-state index in [0.717, 1.165) is 24.8 Å². The van der Waals surface area contributed by atoms with Gasteiger partial charge < -0.3 is 5.11 Å². The van der Waals surface area contributed by atoms with Gasteiger partial charge in [-0.2, -0.15) is 0 Å². The van der Waals surface area contributed by atoms with Gasteiger partial charge in [0, 0.05) is 23.8 Å². The van der Waals surface area contributed by atoms with Gasteiger partial charge in [-0.05, 0) is 55.2 Å². The Morgan fingerprint density at radius 2 is 1.77 bits per heavy atom. The number of carbonyl (C=O) groups is 1. The smallest absolute Gasteiger partial charge is 0.303 e. The highest BCUT2D eigenvalue weighted by atomic mass is 35.5. The van der Waals surface area contributed by atoms with Crippen molar-refractivity contribution in [2.75, 3.05) is 4.72 Å². The number of hydrogen-bond acceptors (Lipinski definition) is 4. The Morgan fingerprint density at radius 3 is 2.46 bits per heavy atom. The number of carboxylic acid groups (broad SMARTS) is 1. The molecule has 0 aliphatic carbocycles. The van der Waals surface area contributed by atoms with Crippen molar-refractivity contribution in [3.05, 3.63) is 53.3 Å². The van der Waals surface area contributed by atoms with Crippen LogP contribution in [0, 0.1) is 0 Å². The molecule has 2 rings (SSSR count). The number of aliphatic carboxylic acids is 1. The lowest BCUT2D eigenvalue weighted by atomic mass is 10.1. The molecule has 0 aliphatic rings. The van der Waals surface area contributed by atoms with Crippen molar-refractivity contribution >= 4 is 33.3 Å². The third kappa shape index (κ3) is 6.31. The van der Waals surface area contributed by atoms with Crippen LogP contribution in [-0.4, -0.2) is 24.5 Å². The van der Waals surface area contributed by atoms with Crippen LogP contribution in [0.25, 0.3) is 0 Å². The standard InChI is InChI=1S/C18H21ClN2O4S/c19-15-7-9-16(10-8-15)26(24,25)21-17-11-12-20-13-14(17)5-3-1-2-4-6-18(22)23/h7-13H,1-6H2,(H,20,21)(H,22,23). The molecule has 0 atom stereocenters. The normalized spacial score (nSPS) is 11.3. The monoisotopic (exact) mass is 396 g/mol. The van der Waals surface area contributed by atoms with Crippen LogP contribution >= 0.6 is 11.6 Å². The number of halogens is 1. The third-order valence-electron chi connectivity index (χ3n) is 3.86. The molecule has 2 N–H and O–H groups in total. The van der Waals surface area contributed by atoms with Gasteiger partial charge in [0.1, 0.15) is 0 Å². The van der Waals surface area contributed by atoms with E-state index in [9.17, 15) is 13.2 Å². The van der Waals surface area contributed by atoms with Crippen LogP contribution in [-0.2, 0) is 21.2 Å². The second kappa shape index (κ2) is 9.54. The predicted molar refractivity (Wildman–Crippen MR) is 101 cm³/mol. The quantitative estimate of drug-likeness (QED) is 0.589. The fraction of sp³-hybridized carbons (Fsp3) is 0.333. The maximum atomic E-state index is 12.5. The first-order valence-electron chi connectivity index (χ1n) is 8.31. The minimum Gasteiger partial charge on any atom is -0.481 e. The summed E-state index contributed by atoms with van der Waals surface area (Å²) >= 11 is 5.80. The van der Waals surface area contributed by atoms with Gasteiger partial charge in [0.2, 0.25) is 0 Å². The van der Waals surface area contributed by atoms with Crippen LogP contribution in [0.3, 0.4) is 0 Å². The molecule has 0 saturated heterocycles. The van der Waals surface area contributed by atoms with Crippen molar-refractivity contribution in [3.63, 3.8) is 0 Å². The first-order chi connectivity index (χ1) is 12.4. The summed E-state index contributed by atoms with van der Waals surface area (Å²) in [6, 6.07) is 7.59. The fourth-order valence-corrected chi connectivity index (χ4v) is 3.72. The maximum Gasteiger partial charge on any atom is 0.303 e. The third-order valence-corrected chi connectivity index (χ3v) is 5.49. The lowest BCUT2D eigenvalue weighted by Gasteiger charge is -2.12. The van der Waals surface area contributed by atoms with Crippen molar-refractivity contribution in [2.45, 2.75) is 43.4 Å². The van der Waals surface area contributed by atoms with Gasteiger partial charge in [-0.15, -0.1) is 0 Å². The number of rotatable bonds is 10. The molecule has 1 aromatic heterocycles. The van der Waals surface area contributed by atoms with Gasteiger partial charge in [0.25, 0.3) is 10.0 Å². The highest BCUT2D eigenvalue weighted by Gasteiger charge is 2.16. The summed E-state index contributed by atoms with van der Waals surface area (Å²) < 4.78 is 27.6. The number of aryl methyl sites for hydroxylation is 1. The first kappa shape index (κ1) is 20.2. The van der Waals surface area contributed by atoms with Crippen LogP contribution in [0.2, 0.25) is 5.02 Å². The minimum atomic E-state index is -3.70. The molecule has 8 heteroatoms. The lowest BCUT2D eigenvalue weighted by Crippen LogP contribution is -2.14. The van der Waals surface area contributed by atoms with Crippen molar-refractivity contribution < 1.29 is 18.3 Å². The summed E-state index contributed by atoms with van der Waals surface area (Å²) in [7, 11) is -3.70. The molecular formula is C18H21ClN2O4S. The van der Waals surface area contributed by atoms with E-state index in [2.05, 4.69) is 9.71 Å². The van der Waals surface area contributed by atoms with Gasteiger partial charge in [0.05, 0.1) is 10.6 Å². The number of hydrogen-bond donors (Lipinski definition) is 2. The molecule has 6 nitrogen and oxygen atoms in total. The average Bonchev–Trinajstić information content (AvgIpc) is 2.59. The van der Waals surface area contributed by atoms with Crippen LogP contribution in [0.4, 0.5) is 5.69 Å². The van der Waals surface area contributed by atoms with Gasteiger partial charge in [0.15, 0.2) is 0 Å². The molecule has 0 saturated carbocycles. The summed E-state index contributed by atoms with van der Waals surface area (Å²) in [6.45, 7) is 0. The topological polar surface area (TPSA) is 96.4 Å². The molecule has 0 radical (unpaired) electrons. The van der Waals surface area contributed by atoms with Gasteiger partial charge in [-0.25, -0.2) is 8.42 Å². The highest BCUT2D eigenvalue weighted by Crippen LogP contribution is 2.22. The van der Waals surface area contributed by atoms with Crippen molar-refractivity contribution in [1.82, 2.24) is 4.98 Å². The van der Waals surface area contributed by atoms with E-state index < -0.39 is 16.0 Å². The summed E-state index contributed by atoms with van der Waals surface area (Å²) in [4.78, 5) is 14.7. The molecule has 0 bridgehead atoms. The Labute approximate surface area is 158 Å². The number of unbranched alkanes of at least 4 members (excludes halogenated alkanes) is 3. The molecule has 2 aromatic rings. The van der Waals surface area contributed by atoms with Crippen LogP contribution < -0.4 is 4.72 Å². The zero-order chi connectivity index (χ0) is 19.0. The number of nitrogens with zero attached hydrogens (tertiary/aromatic N) is 1. The second-order valence-corrected chi connectivity index (χ2v) is 8.02. The van der Waals surface area contributed by atoms with Crippen LogP contribution in [0.15, 0.2) is 47.6 Å². The number of carboxylic acids is 1. The Bertz CT molecular complexity index is 839. The summed E-state index contributed by atoms with van der Waals surface area (Å²) in [5.74, 6) is -0.781. The Hall–Kier alpha value is -2.12. The number of aromatic nitrogens is 1. The molecule has 0 unspecified atom stereocenters. The summed E-state index contributed by atoms with van der Waals surface area (Å²) in [6.07, 6.45) is 7.23. The molecule has 0 aliphatic heterocycles. The van der Waals surface area contributed by atoms with E-state index in [4.69, 9.17) is 16.7 Å². The minimum absolute atomic E-state index is 0.137.